The summed E-state index contributed by atoms with van der Waals surface area (Å²) in [7, 11) is 0. The molecule has 0 saturated carbocycles. The van der Waals surface area contributed by atoms with Crippen LogP contribution in [0.15, 0.2) is 45.7 Å². The highest BCUT2D eigenvalue weighted by atomic mass is 35.5. The van der Waals surface area contributed by atoms with Crippen molar-refractivity contribution in [1.29, 1.82) is 0 Å². The third-order valence-electron chi connectivity index (χ3n) is 5.49. The van der Waals surface area contributed by atoms with Gasteiger partial charge in [-0.3, -0.25) is 19.8 Å². The van der Waals surface area contributed by atoms with Crippen molar-refractivity contribution in [3.63, 3.8) is 0 Å². The molecule has 0 unspecified atom stereocenters. The molecule has 29 heavy (non-hydrogen) atoms. The monoisotopic (exact) mass is 447 g/mol. The fraction of sp³-hybridized carbons (Fsp3) is 0.200. The van der Waals surface area contributed by atoms with Gasteiger partial charge in [-0.05, 0) is 30.0 Å². The van der Waals surface area contributed by atoms with Crippen LogP contribution >= 0.6 is 34.5 Å². The first-order valence-electron chi connectivity index (χ1n) is 8.99. The van der Waals surface area contributed by atoms with Crippen molar-refractivity contribution < 1.29 is 9.90 Å². The molecule has 148 valence electrons. The second-order valence-corrected chi connectivity index (χ2v) is 9.01. The number of carbonyl (C=O) groups excluding carboxylic acids is 1. The van der Waals surface area contributed by atoms with Crippen molar-refractivity contribution in [2.45, 2.75) is 24.7 Å². The molecular weight excluding hydrogens is 433 g/mol. The van der Waals surface area contributed by atoms with Crippen molar-refractivity contribution in [2.24, 2.45) is 0 Å². The van der Waals surface area contributed by atoms with Gasteiger partial charge in [0, 0.05) is 39.1 Å². The molecular formula is C20H15Cl2N3O3S. The molecule has 1 aromatic carbocycles. The van der Waals surface area contributed by atoms with E-state index in [0.717, 1.165) is 10.6 Å². The topological polar surface area (TPSA) is 98.0 Å². The van der Waals surface area contributed by atoms with Gasteiger partial charge in [-0.15, -0.1) is 11.3 Å². The number of halogens is 2. The number of hydrogen-bond donors (Lipinski definition) is 4. The van der Waals surface area contributed by atoms with Crippen molar-refractivity contribution >= 4 is 46.1 Å². The molecule has 1 aliphatic carbocycles. The van der Waals surface area contributed by atoms with Crippen LogP contribution in [0, 0.1) is 0 Å². The number of thiophene rings is 1. The van der Waals surface area contributed by atoms with E-state index in [1.165, 1.54) is 6.07 Å². The summed E-state index contributed by atoms with van der Waals surface area (Å²) in [6.45, 7) is 0. The van der Waals surface area contributed by atoms with E-state index in [-0.39, 0.29) is 28.0 Å². The summed E-state index contributed by atoms with van der Waals surface area (Å²) in [6, 6.07) is 6.98. The highest BCUT2D eigenvalue weighted by Gasteiger charge is 2.41. The molecule has 2 aromatic heterocycles. The lowest BCUT2D eigenvalue weighted by Gasteiger charge is -2.34. The number of ketones is 1. The standard InChI is InChI=1S/C20H15Cl2N3O3S/c21-9-6-10(18(27)11(22)7-9)15-16-12(23-19-17(15)20(28)25-24-19)4-8(5-13(16)26)14-2-1-3-29-14/h1-3,6-8,15,27H,4-5H2,(H3,23,24,25,28)/t8-,15+/m0/s1. The molecule has 3 heterocycles. The van der Waals surface area contributed by atoms with Crippen molar-refractivity contribution in [1.82, 2.24) is 10.2 Å². The fourth-order valence-corrected chi connectivity index (χ4v) is 5.60. The SMILES string of the molecule is O=C1C[C@@H](c2cccs2)CC2=C1[C@@H](c1cc(Cl)cc(Cl)c1O)c1c([nH][nH]c1=O)N2. The number of allylic oxidation sites excluding steroid dienone is 2. The highest BCUT2D eigenvalue weighted by molar-refractivity contribution is 7.10. The molecule has 4 N–H and O–H groups in total. The molecule has 5 rings (SSSR count). The number of nitrogens with one attached hydrogen (secondary N) is 3. The Hall–Kier alpha value is -2.48. The van der Waals surface area contributed by atoms with Gasteiger partial charge in [0.1, 0.15) is 11.6 Å². The number of anilines is 1. The van der Waals surface area contributed by atoms with Crippen molar-refractivity contribution in [3.05, 3.63) is 77.3 Å². The summed E-state index contributed by atoms with van der Waals surface area (Å²) in [4.78, 5) is 27.0. The molecule has 0 amide bonds. The molecule has 6 nitrogen and oxygen atoms in total. The lowest BCUT2D eigenvalue weighted by molar-refractivity contribution is -0.116. The van der Waals surface area contributed by atoms with E-state index in [9.17, 15) is 14.7 Å². The van der Waals surface area contributed by atoms with E-state index < -0.39 is 5.92 Å². The fourth-order valence-electron chi connectivity index (χ4n) is 4.26. The normalized spacial score (nSPS) is 21.0. The second kappa shape index (κ2) is 6.79. The first-order valence-corrected chi connectivity index (χ1v) is 10.6. The molecule has 2 atom stereocenters. The Kier molecular flexibility index (Phi) is 4.34. The molecule has 0 fully saturated rings. The van der Waals surface area contributed by atoms with E-state index in [1.54, 1.807) is 17.4 Å². The summed E-state index contributed by atoms with van der Waals surface area (Å²) < 4.78 is 0. The van der Waals surface area contributed by atoms with Crippen LogP contribution in [-0.2, 0) is 4.79 Å². The van der Waals surface area contributed by atoms with Gasteiger partial charge in [-0.2, -0.15) is 0 Å². The average molecular weight is 448 g/mol. The maximum absolute atomic E-state index is 13.3. The van der Waals surface area contributed by atoms with Gasteiger partial charge in [0.15, 0.2) is 5.78 Å². The van der Waals surface area contributed by atoms with Gasteiger partial charge < -0.3 is 10.4 Å². The van der Waals surface area contributed by atoms with Crippen LogP contribution in [0.3, 0.4) is 0 Å². The lowest BCUT2D eigenvalue weighted by atomic mass is 9.73. The molecule has 0 radical (unpaired) electrons. The number of benzene rings is 1. The van der Waals surface area contributed by atoms with E-state index in [4.69, 9.17) is 23.2 Å². The third-order valence-corrected chi connectivity index (χ3v) is 7.03. The van der Waals surface area contributed by atoms with Gasteiger partial charge in [0.25, 0.3) is 5.56 Å². The van der Waals surface area contributed by atoms with Gasteiger partial charge in [-0.1, -0.05) is 29.3 Å². The van der Waals surface area contributed by atoms with E-state index in [2.05, 4.69) is 15.5 Å². The van der Waals surface area contributed by atoms with Gasteiger partial charge >= 0.3 is 0 Å². The number of aromatic hydroxyl groups is 1. The predicted octanol–water partition coefficient (Wildman–Crippen LogP) is 4.74. The Morgan fingerprint density at radius 1 is 1.14 bits per heavy atom. The third kappa shape index (κ3) is 2.92. The minimum Gasteiger partial charge on any atom is -0.506 e. The average Bonchev–Trinajstić information content (AvgIpc) is 3.33. The van der Waals surface area contributed by atoms with Crippen LogP contribution in [-0.4, -0.2) is 21.1 Å². The predicted molar refractivity (Wildman–Crippen MR) is 113 cm³/mol. The van der Waals surface area contributed by atoms with Crippen LogP contribution in [0.4, 0.5) is 5.82 Å². The molecule has 1 aliphatic heterocycles. The molecule has 0 bridgehead atoms. The summed E-state index contributed by atoms with van der Waals surface area (Å²) in [5.74, 6) is -0.463. The Labute approximate surface area is 179 Å². The zero-order valence-electron chi connectivity index (χ0n) is 14.9. The quantitative estimate of drug-likeness (QED) is 0.456. The Bertz CT molecular complexity index is 1230. The van der Waals surface area contributed by atoms with Crippen molar-refractivity contribution in [2.75, 3.05) is 5.32 Å². The van der Waals surface area contributed by atoms with Gasteiger partial charge in [0.2, 0.25) is 0 Å². The maximum Gasteiger partial charge on any atom is 0.270 e. The van der Waals surface area contributed by atoms with E-state index in [0.29, 0.717) is 40.4 Å². The number of hydrogen-bond acceptors (Lipinski definition) is 5. The van der Waals surface area contributed by atoms with E-state index >= 15 is 0 Å². The van der Waals surface area contributed by atoms with Gasteiger partial charge in [0.05, 0.1) is 16.5 Å². The summed E-state index contributed by atoms with van der Waals surface area (Å²) in [5, 5.41) is 21.6. The largest absolute Gasteiger partial charge is 0.506 e. The zero-order valence-corrected chi connectivity index (χ0v) is 17.2. The first kappa shape index (κ1) is 18.5. The minimum absolute atomic E-state index is 0.0658. The molecule has 2 aliphatic rings. The zero-order chi connectivity index (χ0) is 20.3. The number of Topliss-reactive ketones (excluding diaryl/α,β-unsaturated/α-hetero) is 1. The van der Waals surface area contributed by atoms with Crippen LogP contribution in [0.2, 0.25) is 10.0 Å². The number of H-pyrrole nitrogens is 2. The van der Waals surface area contributed by atoms with E-state index in [1.807, 2.05) is 17.5 Å². The molecule has 0 saturated heterocycles. The first-order chi connectivity index (χ1) is 13.9. The molecule has 0 spiro atoms. The Morgan fingerprint density at radius 2 is 1.97 bits per heavy atom. The van der Waals surface area contributed by atoms with Gasteiger partial charge in [-0.25, -0.2) is 0 Å². The van der Waals surface area contributed by atoms with Crippen molar-refractivity contribution in [3.8, 4) is 5.75 Å². The molecule has 9 heteroatoms. The van der Waals surface area contributed by atoms with Crippen LogP contribution in [0.5, 0.6) is 5.75 Å². The number of phenolic OH excluding ortho intramolecular Hbond substituents is 1. The van der Waals surface area contributed by atoms with Crippen LogP contribution in [0.1, 0.15) is 40.7 Å². The number of aromatic nitrogens is 2. The number of phenols is 1. The highest BCUT2D eigenvalue weighted by Crippen LogP contribution is 2.50. The Balaban J connectivity index is 1.71. The number of rotatable bonds is 2. The lowest BCUT2D eigenvalue weighted by Crippen LogP contribution is -2.31. The summed E-state index contributed by atoms with van der Waals surface area (Å²) >= 11 is 13.9. The number of aromatic amines is 2. The summed E-state index contributed by atoms with van der Waals surface area (Å²) in [6.07, 6.45) is 0.962. The van der Waals surface area contributed by atoms with Crippen LogP contribution < -0.4 is 10.9 Å². The van der Waals surface area contributed by atoms with Crippen LogP contribution in [0.25, 0.3) is 0 Å². The maximum atomic E-state index is 13.3. The Morgan fingerprint density at radius 3 is 2.72 bits per heavy atom. The summed E-state index contributed by atoms with van der Waals surface area (Å²) in [5.41, 5.74) is 1.52. The number of carbonyl (C=O) groups is 1. The number of fused-ring (bicyclic) bond motifs is 1. The molecule has 3 aromatic rings. The second-order valence-electron chi connectivity index (χ2n) is 7.19. The minimum atomic E-state index is -0.760. The smallest absolute Gasteiger partial charge is 0.270 e.